The number of benzene rings is 7. The molecule has 0 radical (unpaired) electrons. The number of hydrogen-bond acceptors (Lipinski definition) is 12. The Bertz CT molecular complexity index is 3310. The minimum atomic E-state index is -4.51. The van der Waals surface area contributed by atoms with E-state index in [9.17, 15) is 27.4 Å². The van der Waals surface area contributed by atoms with Crippen LogP contribution >= 0.6 is 0 Å². The van der Waals surface area contributed by atoms with Crippen molar-refractivity contribution in [3.8, 4) is 11.5 Å². The number of hydrogen-bond donors (Lipinski definition) is 1. The number of methoxy groups -OCH3 is 1. The van der Waals surface area contributed by atoms with Gasteiger partial charge in [0, 0.05) is 24.9 Å². The van der Waals surface area contributed by atoms with E-state index >= 15 is 0 Å². The van der Waals surface area contributed by atoms with Crippen LogP contribution in [0.4, 0.5) is 0 Å². The van der Waals surface area contributed by atoms with Crippen molar-refractivity contribution in [1.29, 1.82) is 0 Å². The number of aromatic hydroxyl groups is 1. The molecule has 1 saturated heterocycles. The van der Waals surface area contributed by atoms with E-state index in [1.165, 1.54) is 47.7 Å². The molecule has 4 aliphatic rings. The molecule has 96 heavy (non-hydrogen) atoms. The monoisotopic (exact) mass is 1360 g/mol. The second-order valence-electron chi connectivity index (χ2n) is 24.4. The average molecular weight is 1360 g/mol. The fraction of sp³-hybridized carbons (Fsp3) is 0.476. The molecule has 7 aromatic carbocycles. The molecule has 2 bridgehead atoms. The quantitative estimate of drug-likeness (QED) is 0.0283. The van der Waals surface area contributed by atoms with Crippen molar-refractivity contribution in [3.05, 3.63) is 198 Å². The first-order valence-electron chi connectivity index (χ1n) is 31.0. The standard InChI is InChI=1S/C18H15S.C17H24O9S.C15H24O2.C14H14.C10H14O.8CH4/c1-4-10-16(11-5-1)19(17-12-6-2-7-13-17)18-14-8-3-9-15-18;1-4-17(2,3)16(20)26-13-8-7-9-11(15(19)25-12(9)13)10(8)14(18)24-5-6-27(21,22)23;1-6-12(4)13-7-9-14(10-8-13)17-15(16-5)11(2)3;1-9-10(2)13-8-4-6-11-5-3-7-12(9)14(11)13;1-3-8(2)9-4-6-10(11)7-5-9;;;;;;;;/h1-15H;8-13H,4-7H2,1-3H3,(H,21,22,23);7-12,15H,6H2,1-5H3;3-10H,1-2H3;4-8,11H,3H2,1-2H3;8*1H4/q+1;;;;;;;;;;;;/p-1. The minimum Gasteiger partial charge on any atom is -0.748 e. The van der Waals surface area contributed by atoms with Crippen LogP contribution in [0, 0.1) is 35.0 Å². The fourth-order valence-corrected chi connectivity index (χ4v) is 14.1. The normalized spacial score (nSPS) is 19.4. The Morgan fingerprint density at radius 2 is 1.07 bits per heavy atom. The van der Waals surface area contributed by atoms with E-state index in [4.69, 9.17) is 28.8 Å². The second-order valence-corrected chi connectivity index (χ2v) is 28.0. The van der Waals surface area contributed by atoms with Gasteiger partial charge in [-0.3, -0.25) is 14.4 Å². The van der Waals surface area contributed by atoms with Crippen LogP contribution in [0.2, 0.25) is 0 Å². The van der Waals surface area contributed by atoms with Gasteiger partial charge < -0.3 is 33.3 Å². The number of ether oxygens (including phenoxy) is 5. The first-order valence-corrected chi connectivity index (χ1v) is 33.8. The summed E-state index contributed by atoms with van der Waals surface area (Å²) in [4.78, 5) is 41.2. The van der Waals surface area contributed by atoms with Crippen molar-refractivity contribution < 1.29 is 56.1 Å². The number of phenolic OH excluding ortho intramolecular Hbond substituents is 1. The van der Waals surface area contributed by atoms with Crippen molar-refractivity contribution in [2.75, 3.05) is 19.5 Å². The molecule has 11 atom stereocenters. The molecular weight excluding hydrogens is 1240 g/mol. The zero-order valence-electron chi connectivity index (χ0n) is 53.2. The van der Waals surface area contributed by atoms with Crippen LogP contribution in [0.5, 0.6) is 11.5 Å². The first kappa shape index (κ1) is 91.1. The summed E-state index contributed by atoms with van der Waals surface area (Å²) >= 11 is 0. The van der Waals surface area contributed by atoms with E-state index < -0.39 is 75.8 Å². The first-order chi connectivity index (χ1) is 42.0. The number of rotatable bonds is 18. The highest BCUT2D eigenvalue weighted by Crippen LogP contribution is 2.59. The smallest absolute Gasteiger partial charge is 0.311 e. The third kappa shape index (κ3) is 23.1. The van der Waals surface area contributed by atoms with Gasteiger partial charge in [-0.2, -0.15) is 0 Å². The molecular formula is C82H122O12S2. The Labute approximate surface area is 584 Å². The largest absolute Gasteiger partial charge is 0.748 e. The molecule has 11 rings (SSSR count). The maximum Gasteiger partial charge on any atom is 0.311 e. The van der Waals surface area contributed by atoms with Crippen LogP contribution in [-0.2, 0) is 54.3 Å². The highest BCUT2D eigenvalue weighted by atomic mass is 32.2. The van der Waals surface area contributed by atoms with Crippen molar-refractivity contribution in [2.45, 2.75) is 218 Å². The van der Waals surface area contributed by atoms with E-state index in [0.29, 0.717) is 48.2 Å². The lowest BCUT2D eigenvalue weighted by atomic mass is 9.78. The third-order valence-corrected chi connectivity index (χ3v) is 20.8. The lowest BCUT2D eigenvalue weighted by molar-refractivity contribution is -0.173. The topological polar surface area (TPSA) is 175 Å². The zero-order valence-corrected chi connectivity index (χ0v) is 54.8. The molecule has 3 aliphatic carbocycles. The molecule has 1 N–H and O–H groups in total. The second kappa shape index (κ2) is 42.0. The molecule has 0 aromatic heterocycles. The Morgan fingerprint density at radius 3 is 1.47 bits per heavy atom. The van der Waals surface area contributed by atoms with Gasteiger partial charge in [-0.05, 0) is 157 Å². The van der Waals surface area contributed by atoms with E-state index in [2.05, 4.69) is 195 Å². The Balaban J connectivity index is 0. The molecule has 1 heterocycles. The summed E-state index contributed by atoms with van der Waals surface area (Å²) < 4.78 is 59.0. The fourth-order valence-electron chi connectivity index (χ4n) is 11.8. The highest BCUT2D eigenvalue weighted by Gasteiger charge is 2.70. The SMILES string of the molecule is C.C.C.C.C.C.C.C.CC1c2cccc3cccc(c23)C1C.CCC(C)(C)C(=O)OC1C2CC3C1OC(=O)C3C2C(=O)OCCS(=O)(=O)[O-].CCC(C)c1ccc(O)cc1.CCC(C)c1ccc(OC(OC)C(C)C)cc1.c1ccc([S+](c2ccccc2)c2ccccc2)cc1. The van der Waals surface area contributed by atoms with Gasteiger partial charge in [-0.1, -0.05) is 237 Å². The molecule has 534 valence electrons. The summed E-state index contributed by atoms with van der Waals surface area (Å²) in [5.41, 5.74) is 5.02. The van der Waals surface area contributed by atoms with E-state index in [1.54, 1.807) is 33.1 Å². The lowest BCUT2D eigenvalue weighted by Gasteiger charge is -2.32. The van der Waals surface area contributed by atoms with Crippen LogP contribution in [0.1, 0.15) is 207 Å². The molecule has 11 unspecified atom stereocenters. The van der Waals surface area contributed by atoms with Gasteiger partial charge in [0.2, 0.25) is 6.29 Å². The number of phenols is 1. The summed E-state index contributed by atoms with van der Waals surface area (Å²) in [6.07, 6.45) is 1.90. The Hall–Kier alpha value is -6.97. The van der Waals surface area contributed by atoms with E-state index in [-0.39, 0.29) is 82.5 Å². The van der Waals surface area contributed by atoms with Crippen molar-refractivity contribution in [1.82, 2.24) is 0 Å². The van der Waals surface area contributed by atoms with Gasteiger partial charge in [0.15, 0.2) is 14.7 Å². The maximum atomic E-state index is 12.5. The van der Waals surface area contributed by atoms with Crippen molar-refractivity contribution >= 4 is 49.7 Å². The van der Waals surface area contributed by atoms with Crippen LogP contribution in [-0.4, -0.2) is 74.0 Å². The molecule has 0 spiro atoms. The van der Waals surface area contributed by atoms with E-state index in [1.807, 2.05) is 31.2 Å². The van der Waals surface area contributed by atoms with Gasteiger partial charge in [-0.25, -0.2) is 8.42 Å². The molecule has 3 fully saturated rings. The highest BCUT2D eigenvalue weighted by molar-refractivity contribution is 7.97. The lowest BCUT2D eigenvalue weighted by Crippen LogP contribution is -2.45. The Morgan fingerprint density at radius 1 is 0.635 bits per heavy atom. The van der Waals surface area contributed by atoms with Crippen molar-refractivity contribution in [2.24, 2.45) is 35.0 Å². The van der Waals surface area contributed by atoms with Crippen LogP contribution < -0.4 is 4.74 Å². The third-order valence-electron chi connectivity index (χ3n) is 17.9. The molecule has 12 nitrogen and oxygen atoms in total. The molecule has 7 aromatic rings. The molecule has 1 aliphatic heterocycles. The number of fused-ring (bicyclic) bond motifs is 1. The maximum absolute atomic E-state index is 12.5. The number of carbonyl (C=O) groups is 3. The van der Waals surface area contributed by atoms with Gasteiger partial charge in [-0.15, -0.1) is 0 Å². The van der Waals surface area contributed by atoms with Gasteiger partial charge in [0.25, 0.3) is 0 Å². The van der Waals surface area contributed by atoms with Crippen LogP contribution in [0.15, 0.2) is 191 Å². The molecule has 2 saturated carbocycles. The Kier molecular flexibility index (Phi) is 39.8. The van der Waals surface area contributed by atoms with Gasteiger partial charge in [0.1, 0.15) is 30.3 Å². The summed E-state index contributed by atoms with van der Waals surface area (Å²) in [7, 11) is -2.85. The summed E-state index contributed by atoms with van der Waals surface area (Å²) in [5, 5.41) is 11.9. The average Bonchev–Trinajstić information content (AvgIpc) is 1.55. The van der Waals surface area contributed by atoms with Gasteiger partial charge >= 0.3 is 17.9 Å². The van der Waals surface area contributed by atoms with Crippen LogP contribution in [0.25, 0.3) is 10.8 Å². The minimum absolute atomic E-state index is 0. The van der Waals surface area contributed by atoms with E-state index in [0.717, 1.165) is 18.6 Å². The predicted octanol–water partition coefficient (Wildman–Crippen LogP) is 21.3. The number of carbonyl (C=O) groups excluding carboxylic acids is 3. The number of esters is 3. The predicted molar refractivity (Wildman–Crippen MR) is 402 cm³/mol. The van der Waals surface area contributed by atoms with Crippen LogP contribution in [0.3, 0.4) is 0 Å². The van der Waals surface area contributed by atoms with Crippen molar-refractivity contribution in [3.63, 3.8) is 0 Å². The van der Waals surface area contributed by atoms with Gasteiger partial charge in [0.05, 0.1) is 44.0 Å². The zero-order chi connectivity index (χ0) is 63.9. The summed E-state index contributed by atoms with van der Waals surface area (Å²) in [6, 6.07) is 61.2. The summed E-state index contributed by atoms with van der Waals surface area (Å²) in [6.45, 7) is 22.4. The summed E-state index contributed by atoms with van der Waals surface area (Å²) in [5.74, 6) is -0.631. The molecule has 14 heteroatoms. The molecule has 0 amide bonds.